The first kappa shape index (κ1) is 10.8. The Morgan fingerprint density at radius 2 is 1.73 bits per heavy atom. The van der Waals surface area contributed by atoms with Crippen LogP contribution in [0.1, 0.15) is 13.3 Å². The maximum absolute atomic E-state index is 9.04. The first-order valence-electron chi connectivity index (χ1n) is 3.88. The van der Waals surface area contributed by atoms with Crippen molar-refractivity contribution in [3.05, 3.63) is 0 Å². The fourth-order valence-electron chi connectivity index (χ4n) is 0.625. The lowest BCUT2D eigenvalue weighted by molar-refractivity contribution is 0.0888. The number of hydrogen-bond donors (Lipinski definition) is 4. The number of aliphatic hydroxyl groups is 3. The molecular weight excluding hydrogens is 146 g/mol. The molecule has 0 amide bonds. The summed E-state index contributed by atoms with van der Waals surface area (Å²) in [4.78, 5) is 0. The van der Waals surface area contributed by atoms with Gasteiger partial charge in [-0.15, -0.1) is 0 Å². The number of hydrogen-bond acceptors (Lipinski definition) is 4. The molecule has 0 bridgehead atoms. The Balaban J connectivity index is 3.13. The lowest BCUT2D eigenvalue weighted by Gasteiger charge is -2.11. The maximum atomic E-state index is 9.04. The molecule has 68 valence electrons. The van der Waals surface area contributed by atoms with Gasteiger partial charge in [-0.1, -0.05) is 6.92 Å². The largest absolute Gasteiger partial charge is 0.394 e. The fraction of sp³-hybridized carbons (Fsp3) is 1.00. The smallest absolute Gasteiger partial charge is 0.0894 e. The zero-order valence-electron chi connectivity index (χ0n) is 6.82. The zero-order chi connectivity index (χ0) is 8.69. The van der Waals surface area contributed by atoms with Crippen LogP contribution in [0.25, 0.3) is 0 Å². The van der Waals surface area contributed by atoms with Crippen molar-refractivity contribution in [1.82, 2.24) is 5.32 Å². The van der Waals surface area contributed by atoms with Crippen LogP contribution in [-0.4, -0.2) is 47.2 Å². The molecule has 0 fully saturated rings. The average molecular weight is 163 g/mol. The van der Waals surface area contributed by atoms with Crippen molar-refractivity contribution in [2.45, 2.75) is 25.6 Å². The van der Waals surface area contributed by atoms with Gasteiger partial charge in [-0.05, 0) is 6.42 Å². The van der Waals surface area contributed by atoms with Crippen molar-refractivity contribution in [2.24, 2.45) is 0 Å². The van der Waals surface area contributed by atoms with Crippen molar-refractivity contribution in [3.63, 3.8) is 0 Å². The van der Waals surface area contributed by atoms with E-state index in [-0.39, 0.29) is 12.7 Å². The number of nitrogens with one attached hydrogen (secondary N) is 1. The molecule has 0 heterocycles. The van der Waals surface area contributed by atoms with E-state index in [2.05, 4.69) is 5.32 Å². The molecule has 0 aliphatic heterocycles. The molecule has 0 aromatic heterocycles. The topological polar surface area (TPSA) is 72.7 Å². The highest BCUT2D eigenvalue weighted by Gasteiger charge is 2.02. The molecule has 4 heteroatoms. The molecule has 0 radical (unpaired) electrons. The van der Waals surface area contributed by atoms with Crippen LogP contribution >= 0.6 is 0 Å². The van der Waals surface area contributed by atoms with E-state index in [0.29, 0.717) is 19.5 Å². The molecule has 0 saturated heterocycles. The van der Waals surface area contributed by atoms with Gasteiger partial charge < -0.3 is 20.6 Å². The molecule has 0 spiro atoms. The van der Waals surface area contributed by atoms with Crippen LogP contribution in [0.15, 0.2) is 0 Å². The van der Waals surface area contributed by atoms with Crippen molar-refractivity contribution in [1.29, 1.82) is 0 Å². The maximum Gasteiger partial charge on any atom is 0.0894 e. The van der Waals surface area contributed by atoms with E-state index in [9.17, 15) is 0 Å². The van der Waals surface area contributed by atoms with E-state index in [0.717, 1.165) is 0 Å². The second-order valence-corrected chi connectivity index (χ2v) is 2.56. The quantitative estimate of drug-likeness (QED) is 0.393. The van der Waals surface area contributed by atoms with Gasteiger partial charge in [-0.25, -0.2) is 0 Å². The Morgan fingerprint density at radius 3 is 2.18 bits per heavy atom. The number of rotatable bonds is 6. The molecular formula is C7H17NO3. The molecule has 1 unspecified atom stereocenters. The summed E-state index contributed by atoms with van der Waals surface area (Å²) in [5.41, 5.74) is 0. The van der Waals surface area contributed by atoms with E-state index in [1.165, 1.54) is 0 Å². The van der Waals surface area contributed by atoms with Crippen LogP contribution in [0.4, 0.5) is 0 Å². The van der Waals surface area contributed by atoms with E-state index in [1.807, 2.05) is 6.92 Å². The van der Waals surface area contributed by atoms with Crippen molar-refractivity contribution in [2.75, 3.05) is 19.7 Å². The summed E-state index contributed by atoms with van der Waals surface area (Å²) in [5, 5.41) is 29.1. The van der Waals surface area contributed by atoms with Crippen LogP contribution < -0.4 is 5.32 Å². The third kappa shape index (κ3) is 6.25. The highest BCUT2D eigenvalue weighted by molar-refractivity contribution is 4.61. The molecule has 11 heavy (non-hydrogen) atoms. The van der Waals surface area contributed by atoms with Gasteiger partial charge in [0.05, 0.1) is 18.8 Å². The second-order valence-electron chi connectivity index (χ2n) is 2.56. The fourth-order valence-corrected chi connectivity index (χ4v) is 0.625. The van der Waals surface area contributed by atoms with Crippen molar-refractivity contribution in [3.8, 4) is 0 Å². The summed E-state index contributed by atoms with van der Waals surface area (Å²) in [6.07, 6.45) is -0.387. The molecule has 0 saturated carbocycles. The van der Waals surface area contributed by atoms with Crippen LogP contribution in [-0.2, 0) is 0 Å². The molecule has 0 aliphatic rings. The van der Waals surface area contributed by atoms with Gasteiger partial charge in [0.2, 0.25) is 0 Å². The minimum atomic E-state index is -0.723. The van der Waals surface area contributed by atoms with Gasteiger partial charge in [0, 0.05) is 13.1 Å². The monoisotopic (exact) mass is 163 g/mol. The highest BCUT2D eigenvalue weighted by atomic mass is 16.3. The molecule has 0 aromatic carbocycles. The Bertz CT molecular complexity index is 79.8. The van der Waals surface area contributed by atoms with Gasteiger partial charge in [-0.3, -0.25) is 0 Å². The predicted molar refractivity (Wildman–Crippen MR) is 42.3 cm³/mol. The van der Waals surface area contributed by atoms with Crippen LogP contribution in [0.2, 0.25) is 0 Å². The highest BCUT2D eigenvalue weighted by Crippen LogP contribution is 1.86. The van der Waals surface area contributed by atoms with Crippen LogP contribution in [0, 0.1) is 0 Å². The Morgan fingerprint density at radius 1 is 1.18 bits per heavy atom. The van der Waals surface area contributed by atoms with E-state index >= 15 is 0 Å². The van der Waals surface area contributed by atoms with Gasteiger partial charge >= 0.3 is 0 Å². The van der Waals surface area contributed by atoms with Gasteiger partial charge in [0.1, 0.15) is 0 Å². The van der Waals surface area contributed by atoms with Crippen molar-refractivity contribution >= 4 is 0 Å². The average Bonchev–Trinajstić information content (AvgIpc) is 2.04. The number of aliphatic hydroxyl groups excluding tert-OH is 3. The lowest BCUT2D eigenvalue weighted by Crippen LogP contribution is -2.34. The van der Waals surface area contributed by atoms with E-state index < -0.39 is 6.10 Å². The normalized spacial score (nSPS) is 16.4. The minimum absolute atomic E-state index is 0.241. The zero-order valence-corrected chi connectivity index (χ0v) is 6.82. The summed E-state index contributed by atoms with van der Waals surface area (Å²) in [6.45, 7) is 2.44. The van der Waals surface area contributed by atoms with E-state index in [4.69, 9.17) is 15.3 Å². The minimum Gasteiger partial charge on any atom is -0.394 e. The molecule has 4 N–H and O–H groups in total. The summed E-state index contributed by atoms with van der Waals surface area (Å²) < 4.78 is 0. The molecule has 0 rings (SSSR count). The SMILES string of the molecule is CCC(O)CNC[C@H](O)CO. The summed E-state index contributed by atoms with van der Waals surface area (Å²) in [6, 6.07) is 0. The summed E-state index contributed by atoms with van der Waals surface area (Å²) in [7, 11) is 0. The lowest BCUT2D eigenvalue weighted by atomic mass is 10.3. The van der Waals surface area contributed by atoms with Gasteiger partial charge in [0.25, 0.3) is 0 Å². The third-order valence-electron chi connectivity index (χ3n) is 1.44. The first-order valence-corrected chi connectivity index (χ1v) is 3.88. The first-order chi connectivity index (χ1) is 5.20. The Labute approximate surface area is 66.9 Å². The van der Waals surface area contributed by atoms with Crippen LogP contribution in [0.3, 0.4) is 0 Å². The Kier molecular flexibility index (Phi) is 6.45. The second kappa shape index (κ2) is 6.54. The molecule has 2 atom stereocenters. The third-order valence-corrected chi connectivity index (χ3v) is 1.44. The van der Waals surface area contributed by atoms with Gasteiger partial charge in [0.15, 0.2) is 0 Å². The van der Waals surface area contributed by atoms with Gasteiger partial charge in [-0.2, -0.15) is 0 Å². The van der Waals surface area contributed by atoms with Crippen LogP contribution in [0.5, 0.6) is 0 Å². The summed E-state index contributed by atoms with van der Waals surface area (Å²) >= 11 is 0. The Hall–Kier alpha value is -0.160. The molecule has 0 aromatic rings. The van der Waals surface area contributed by atoms with E-state index in [1.54, 1.807) is 0 Å². The van der Waals surface area contributed by atoms with Crippen molar-refractivity contribution < 1.29 is 15.3 Å². The standard InChI is InChI=1S/C7H17NO3/c1-2-6(10)3-8-4-7(11)5-9/h6-11H,2-5H2,1H3/t6?,7-/m0/s1. The predicted octanol–water partition coefficient (Wildman–Crippen LogP) is -1.30. The molecule has 0 aliphatic carbocycles. The summed E-state index contributed by atoms with van der Waals surface area (Å²) in [5.74, 6) is 0. The molecule has 4 nitrogen and oxygen atoms in total.